The summed E-state index contributed by atoms with van der Waals surface area (Å²) in [5, 5.41) is 3.19. The van der Waals surface area contributed by atoms with E-state index in [-0.39, 0.29) is 5.25 Å². The van der Waals surface area contributed by atoms with Crippen molar-refractivity contribution >= 4 is 9.84 Å². The van der Waals surface area contributed by atoms with Crippen molar-refractivity contribution in [1.82, 2.24) is 5.32 Å². The van der Waals surface area contributed by atoms with Crippen molar-refractivity contribution in [3.05, 3.63) is 0 Å². The summed E-state index contributed by atoms with van der Waals surface area (Å²) in [6.07, 6.45) is 4.98. The molecule has 0 aromatic rings. The minimum absolute atomic E-state index is 0.0452. The lowest BCUT2D eigenvalue weighted by atomic mass is 10.3. The minimum Gasteiger partial charge on any atom is -0.313 e. The molecule has 15 heavy (non-hydrogen) atoms. The monoisotopic (exact) mass is 233 g/mol. The highest BCUT2D eigenvalue weighted by atomic mass is 32.2. The molecule has 0 aliphatic heterocycles. The van der Waals surface area contributed by atoms with Gasteiger partial charge in [-0.3, -0.25) is 0 Å². The molecule has 3 nitrogen and oxygen atoms in total. The molecule has 4 heteroatoms. The Kier molecular flexibility index (Phi) is 5.06. The molecule has 0 aromatic heterocycles. The standard InChI is InChI=1S/C11H23NO2S/c1-3-10(2)12-8-9-15(13,14)11-6-4-5-7-11/h10-12H,3-9H2,1-2H3. The molecule has 0 saturated heterocycles. The molecule has 1 atom stereocenters. The maximum Gasteiger partial charge on any atom is 0.154 e. The highest BCUT2D eigenvalue weighted by Gasteiger charge is 2.27. The van der Waals surface area contributed by atoms with Crippen molar-refractivity contribution in [3.63, 3.8) is 0 Å². The summed E-state index contributed by atoms with van der Waals surface area (Å²) in [6.45, 7) is 4.79. The average Bonchev–Trinajstić information content (AvgIpc) is 2.70. The molecule has 0 aromatic carbocycles. The third kappa shape index (κ3) is 4.11. The van der Waals surface area contributed by atoms with Gasteiger partial charge in [-0.1, -0.05) is 19.8 Å². The highest BCUT2D eigenvalue weighted by Crippen LogP contribution is 2.24. The van der Waals surface area contributed by atoms with Gasteiger partial charge in [0.05, 0.1) is 11.0 Å². The lowest BCUT2D eigenvalue weighted by molar-refractivity contribution is 0.540. The Labute approximate surface area is 93.6 Å². The molecule has 0 amide bonds. The summed E-state index contributed by atoms with van der Waals surface area (Å²) in [7, 11) is -2.83. The van der Waals surface area contributed by atoms with E-state index in [1.165, 1.54) is 0 Å². The van der Waals surface area contributed by atoms with Gasteiger partial charge in [0.1, 0.15) is 0 Å². The van der Waals surface area contributed by atoms with Crippen LogP contribution in [0.2, 0.25) is 0 Å². The first-order valence-corrected chi connectivity index (χ1v) is 7.72. The van der Waals surface area contributed by atoms with E-state index in [1.54, 1.807) is 0 Å². The lowest BCUT2D eigenvalue weighted by Crippen LogP contribution is -2.33. The first-order chi connectivity index (χ1) is 7.06. The second-order valence-corrected chi connectivity index (χ2v) is 6.94. The van der Waals surface area contributed by atoms with Crippen molar-refractivity contribution in [3.8, 4) is 0 Å². The topological polar surface area (TPSA) is 46.2 Å². The molecule has 1 unspecified atom stereocenters. The van der Waals surface area contributed by atoms with E-state index >= 15 is 0 Å². The Morgan fingerprint density at radius 1 is 1.33 bits per heavy atom. The number of hydrogen-bond acceptors (Lipinski definition) is 3. The van der Waals surface area contributed by atoms with E-state index in [9.17, 15) is 8.42 Å². The van der Waals surface area contributed by atoms with E-state index in [0.29, 0.717) is 18.3 Å². The van der Waals surface area contributed by atoms with Crippen molar-refractivity contribution < 1.29 is 8.42 Å². The first-order valence-electron chi connectivity index (χ1n) is 6.01. The maximum atomic E-state index is 11.9. The number of sulfone groups is 1. The molecule has 1 saturated carbocycles. The first kappa shape index (κ1) is 13.0. The Bertz CT molecular complexity index is 268. The Morgan fingerprint density at radius 3 is 2.47 bits per heavy atom. The smallest absolute Gasteiger partial charge is 0.154 e. The van der Waals surface area contributed by atoms with Gasteiger partial charge in [0.15, 0.2) is 9.84 Å². The number of nitrogens with one attached hydrogen (secondary N) is 1. The maximum absolute atomic E-state index is 11.9. The fourth-order valence-electron chi connectivity index (χ4n) is 2.01. The molecule has 1 fully saturated rings. The molecule has 1 N–H and O–H groups in total. The van der Waals surface area contributed by atoms with Gasteiger partial charge >= 0.3 is 0 Å². The van der Waals surface area contributed by atoms with Crippen LogP contribution in [0.1, 0.15) is 46.0 Å². The number of hydrogen-bond donors (Lipinski definition) is 1. The van der Waals surface area contributed by atoms with Crippen LogP contribution in [0.3, 0.4) is 0 Å². The van der Waals surface area contributed by atoms with Crippen LogP contribution in [0, 0.1) is 0 Å². The zero-order valence-electron chi connectivity index (χ0n) is 9.83. The molecule has 0 radical (unpaired) electrons. The van der Waals surface area contributed by atoms with Gasteiger partial charge in [-0.15, -0.1) is 0 Å². The van der Waals surface area contributed by atoms with Gasteiger partial charge in [0.2, 0.25) is 0 Å². The van der Waals surface area contributed by atoms with Crippen LogP contribution in [0.4, 0.5) is 0 Å². The summed E-state index contributed by atoms with van der Waals surface area (Å²) in [6, 6.07) is 0.420. The fraction of sp³-hybridized carbons (Fsp3) is 1.00. The van der Waals surface area contributed by atoms with Crippen LogP contribution in [0.15, 0.2) is 0 Å². The van der Waals surface area contributed by atoms with Crippen molar-refractivity contribution in [1.29, 1.82) is 0 Å². The van der Waals surface area contributed by atoms with Crippen LogP contribution >= 0.6 is 0 Å². The minimum atomic E-state index is -2.83. The fourth-order valence-corrected chi connectivity index (χ4v) is 3.79. The van der Waals surface area contributed by atoms with E-state index in [2.05, 4.69) is 19.2 Å². The summed E-state index contributed by atoms with van der Waals surface area (Å²) >= 11 is 0. The van der Waals surface area contributed by atoms with Gasteiger partial charge in [0, 0.05) is 12.6 Å². The summed E-state index contributed by atoms with van der Waals surface area (Å²) in [5.41, 5.74) is 0. The van der Waals surface area contributed by atoms with E-state index < -0.39 is 9.84 Å². The van der Waals surface area contributed by atoms with Gasteiger partial charge < -0.3 is 5.32 Å². The molecule has 0 bridgehead atoms. The predicted molar refractivity (Wildman–Crippen MR) is 63.8 cm³/mol. The van der Waals surface area contributed by atoms with Gasteiger partial charge in [0.25, 0.3) is 0 Å². The summed E-state index contributed by atoms with van der Waals surface area (Å²) < 4.78 is 23.7. The van der Waals surface area contributed by atoms with E-state index in [4.69, 9.17) is 0 Å². The van der Waals surface area contributed by atoms with E-state index in [0.717, 1.165) is 32.1 Å². The van der Waals surface area contributed by atoms with E-state index in [1.807, 2.05) is 0 Å². The van der Waals surface area contributed by atoms with Gasteiger partial charge in [-0.2, -0.15) is 0 Å². The summed E-state index contributed by atoms with van der Waals surface area (Å²) in [4.78, 5) is 0. The zero-order valence-corrected chi connectivity index (χ0v) is 10.6. The van der Waals surface area contributed by atoms with Crippen LogP contribution in [0.25, 0.3) is 0 Å². The highest BCUT2D eigenvalue weighted by molar-refractivity contribution is 7.92. The normalized spacial score (nSPS) is 20.7. The lowest BCUT2D eigenvalue weighted by Gasteiger charge is -2.14. The van der Waals surface area contributed by atoms with Crippen LogP contribution in [-0.4, -0.2) is 32.0 Å². The Hall–Kier alpha value is -0.0900. The van der Waals surface area contributed by atoms with Gasteiger partial charge in [-0.25, -0.2) is 8.42 Å². The molecule has 0 spiro atoms. The molecular weight excluding hydrogens is 210 g/mol. The van der Waals surface area contributed by atoms with Crippen molar-refractivity contribution in [2.24, 2.45) is 0 Å². The SMILES string of the molecule is CCC(C)NCCS(=O)(=O)C1CCCC1. The molecule has 1 aliphatic carbocycles. The van der Waals surface area contributed by atoms with Gasteiger partial charge in [-0.05, 0) is 26.2 Å². The largest absolute Gasteiger partial charge is 0.313 e. The molecule has 1 aliphatic rings. The Balaban J connectivity index is 2.30. The second kappa shape index (κ2) is 5.85. The van der Waals surface area contributed by atoms with Crippen molar-refractivity contribution in [2.75, 3.05) is 12.3 Å². The van der Waals surface area contributed by atoms with Crippen LogP contribution in [0.5, 0.6) is 0 Å². The molecule has 90 valence electrons. The number of rotatable bonds is 6. The molecular formula is C11H23NO2S. The average molecular weight is 233 g/mol. The third-order valence-corrected chi connectivity index (χ3v) is 5.56. The predicted octanol–water partition coefficient (Wildman–Crippen LogP) is 1.73. The third-order valence-electron chi connectivity index (χ3n) is 3.30. The van der Waals surface area contributed by atoms with Crippen molar-refractivity contribution in [2.45, 2.75) is 57.2 Å². The zero-order chi connectivity index (χ0) is 11.3. The van der Waals surface area contributed by atoms with Crippen LogP contribution < -0.4 is 5.32 Å². The summed E-state index contributed by atoms with van der Waals surface area (Å²) in [5.74, 6) is 0.308. The molecule has 1 rings (SSSR count). The second-order valence-electron chi connectivity index (χ2n) is 4.54. The molecule has 0 heterocycles. The van der Waals surface area contributed by atoms with Crippen LogP contribution in [-0.2, 0) is 9.84 Å². The Morgan fingerprint density at radius 2 is 1.93 bits per heavy atom. The quantitative estimate of drug-likeness (QED) is 0.760.